The zero-order valence-electron chi connectivity index (χ0n) is 15.1. The second kappa shape index (κ2) is 8.55. The van der Waals surface area contributed by atoms with E-state index in [-0.39, 0.29) is 35.4 Å². The van der Waals surface area contributed by atoms with Crippen molar-refractivity contribution < 1.29 is 8.83 Å². The van der Waals surface area contributed by atoms with Gasteiger partial charge in [-0.2, -0.15) is 0 Å². The van der Waals surface area contributed by atoms with E-state index in [1.54, 1.807) is 13.2 Å². The predicted octanol–water partition coefficient (Wildman–Crippen LogP) is 3.92. The molecule has 0 amide bonds. The van der Waals surface area contributed by atoms with Gasteiger partial charge in [0.15, 0.2) is 5.96 Å². The van der Waals surface area contributed by atoms with E-state index in [1.165, 1.54) is 0 Å². The van der Waals surface area contributed by atoms with Crippen LogP contribution in [0.3, 0.4) is 0 Å². The lowest BCUT2D eigenvalue weighted by Crippen LogP contribution is -2.38. The van der Waals surface area contributed by atoms with Crippen LogP contribution in [0.2, 0.25) is 0 Å². The molecule has 0 saturated carbocycles. The lowest BCUT2D eigenvalue weighted by atomic mass is 9.94. The number of aryl methyl sites for hydroxylation is 1. The van der Waals surface area contributed by atoms with Crippen LogP contribution < -0.4 is 10.6 Å². The number of nitrogens with zero attached hydrogens (tertiary/aromatic N) is 2. The average Bonchev–Trinajstić information content (AvgIpc) is 3.11. The summed E-state index contributed by atoms with van der Waals surface area (Å²) in [5.41, 5.74) is -0.0448. The Morgan fingerprint density at radius 1 is 1.29 bits per heavy atom. The molecule has 2 aromatic rings. The number of aliphatic imine (C=N–C) groups is 1. The number of nitrogens with one attached hydrogen (secondary N) is 2. The summed E-state index contributed by atoms with van der Waals surface area (Å²) in [5, 5.41) is 6.48. The fourth-order valence-electron chi connectivity index (χ4n) is 2.06. The van der Waals surface area contributed by atoms with E-state index >= 15 is 0 Å². The molecule has 0 aliphatic carbocycles. The lowest BCUT2D eigenvalue weighted by Gasteiger charge is -2.16. The predicted molar refractivity (Wildman–Crippen MR) is 106 cm³/mol. The van der Waals surface area contributed by atoms with Crippen LogP contribution in [0.4, 0.5) is 0 Å². The highest BCUT2D eigenvalue weighted by atomic mass is 127. The fourth-order valence-corrected chi connectivity index (χ4v) is 2.06. The maximum absolute atomic E-state index is 5.76. The van der Waals surface area contributed by atoms with Gasteiger partial charge >= 0.3 is 0 Å². The van der Waals surface area contributed by atoms with E-state index in [1.807, 2.05) is 26.0 Å². The van der Waals surface area contributed by atoms with E-state index < -0.39 is 0 Å². The number of hydrogen-bond acceptors (Lipinski definition) is 4. The molecule has 0 radical (unpaired) electrons. The van der Waals surface area contributed by atoms with Gasteiger partial charge in [0.25, 0.3) is 0 Å². The third-order valence-electron chi connectivity index (χ3n) is 3.46. The fraction of sp³-hybridized carbons (Fsp3) is 0.529. The first-order valence-corrected chi connectivity index (χ1v) is 7.78. The number of oxazole rings is 1. The molecule has 0 aliphatic heterocycles. The molecular formula is C17H27IN4O2. The van der Waals surface area contributed by atoms with Crippen LogP contribution in [0.5, 0.6) is 0 Å². The molecule has 134 valence electrons. The van der Waals surface area contributed by atoms with Crippen molar-refractivity contribution in [1.82, 2.24) is 15.6 Å². The van der Waals surface area contributed by atoms with Crippen LogP contribution in [-0.4, -0.2) is 18.0 Å². The van der Waals surface area contributed by atoms with Crippen molar-refractivity contribution in [2.24, 2.45) is 4.99 Å². The summed E-state index contributed by atoms with van der Waals surface area (Å²) in [6.07, 6.45) is 1.78. The summed E-state index contributed by atoms with van der Waals surface area (Å²) >= 11 is 0. The molecule has 0 fully saturated rings. The SMILES string of the molecule is CN=C(NCc1ncc(C(C)(C)C)o1)NC(C)c1ccc(C)o1.I. The smallest absolute Gasteiger partial charge is 0.213 e. The van der Waals surface area contributed by atoms with Crippen LogP contribution >= 0.6 is 24.0 Å². The molecule has 2 heterocycles. The van der Waals surface area contributed by atoms with Crippen molar-refractivity contribution >= 4 is 29.9 Å². The molecule has 24 heavy (non-hydrogen) atoms. The zero-order chi connectivity index (χ0) is 17.0. The minimum absolute atomic E-state index is 0. The van der Waals surface area contributed by atoms with Gasteiger partial charge in [-0.3, -0.25) is 4.99 Å². The molecule has 0 aromatic carbocycles. The summed E-state index contributed by atoms with van der Waals surface area (Å²) < 4.78 is 11.4. The van der Waals surface area contributed by atoms with Crippen LogP contribution in [0, 0.1) is 6.92 Å². The highest BCUT2D eigenvalue weighted by Crippen LogP contribution is 2.22. The van der Waals surface area contributed by atoms with Crippen LogP contribution in [0.15, 0.2) is 32.2 Å². The molecule has 1 unspecified atom stereocenters. The summed E-state index contributed by atoms with van der Waals surface area (Å²) in [6.45, 7) is 10.7. The number of aromatic nitrogens is 1. The second-order valence-electron chi connectivity index (χ2n) is 6.61. The van der Waals surface area contributed by atoms with E-state index in [9.17, 15) is 0 Å². The third-order valence-corrected chi connectivity index (χ3v) is 3.46. The number of guanidine groups is 1. The Kier molecular flexibility index (Phi) is 7.31. The summed E-state index contributed by atoms with van der Waals surface area (Å²) in [4.78, 5) is 8.51. The standard InChI is InChI=1S/C17H26N4O2.HI/c1-11-7-8-13(22-11)12(2)21-16(18-6)20-10-15-19-9-14(23-15)17(3,4)5;/h7-9,12H,10H2,1-6H3,(H2,18,20,21);1H. The Hall–Kier alpha value is -1.51. The molecule has 2 aromatic heterocycles. The van der Waals surface area contributed by atoms with Gasteiger partial charge in [0, 0.05) is 12.5 Å². The molecule has 0 aliphatic rings. The number of furan rings is 1. The Balaban J connectivity index is 0.00000288. The topological polar surface area (TPSA) is 75.6 Å². The van der Waals surface area contributed by atoms with Crippen molar-refractivity contribution in [3.63, 3.8) is 0 Å². The van der Waals surface area contributed by atoms with Gasteiger partial charge in [-0.05, 0) is 26.0 Å². The van der Waals surface area contributed by atoms with Crippen molar-refractivity contribution in [2.75, 3.05) is 7.05 Å². The normalized spacial score (nSPS) is 13.3. The lowest BCUT2D eigenvalue weighted by molar-refractivity contribution is 0.379. The van der Waals surface area contributed by atoms with Gasteiger partial charge in [0.2, 0.25) is 5.89 Å². The molecule has 6 nitrogen and oxygen atoms in total. The highest BCUT2D eigenvalue weighted by Gasteiger charge is 2.19. The maximum atomic E-state index is 5.76. The van der Waals surface area contributed by atoms with Crippen LogP contribution in [-0.2, 0) is 12.0 Å². The van der Waals surface area contributed by atoms with Crippen molar-refractivity contribution in [1.29, 1.82) is 0 Å². The van der Waals surface area contributed by atoms with E-state index in [4.69, 9.17) is 8.83 Å². The molecule has 2 N–H and O–H groups in total. The molecular weight excluding hydrogens is 419 g/mol. The number of rotatable bonds is 4. The molecule has 0 bridgehead atoms. The first-order valence-electron chi connectivity index (χ1n) is 7.78. The zero-order valence-corrected chi connectivity index (χ0v) is 17.5. The molecule has 1 atom stereocenters. The molecule has 2 rings (SSSR count). The van der Waals surface area contributed by atoms with Gasteiger partial charge in [-0.1, -0.05) is 20.8 Å². The van der Waals surface area contributed by atoms with Gasteiger partial charge in [0.1, 0.15) is 17.3 Å². The molecule has 7 heteroatoms. The minimum atomic E-state index is -0.0448. The van der Waals surface area contributed by atoms with Gasteiger partial charge in [0.05, 0.1) is 18.8 Å². The van der Waals surface area contributed by atoms with Crippen molar-refractivity contribution in [3.8, 4) is 0 Å². The quantitative estimate of drug-likeness (QED) is 0.423. The Bertz CT molecular complexity index is 670. The summed E-state index contributed by atoms with van der Waals surface area (Å²) in [6, 6.07) is 3.93. The van der Waals surface area contributed by atoms with Crippen LogP contribution in [0.25, 0.3) is 0 Å². The number of hydrogen-bond donors (Lipinski definition) is 2. The largest absolute Gasteiger partial charge is 0.464 e. The third kappa shape index (κ3) is 5.54. The minimum Gasteiger partial charge on any atom is -0.464 e. The van der Waals surface area contributed by atoms with E-state index in [0.29, 0.717) is 18.4 Å². The first kappa shape index (κ1) is 20.5. The van der Waals surface area contributed by atoms with Gasteiger partial charge in [-0.15, -0.1) is 24.0 Å². The molecule has 0 saturated heterocycles. The Morgan fingerprint density at radius 2 is 2.00 bits per heavy atom. The maximum Gasteiger partial charge on any atom is 0.213 e. The van der Waals surface area contributed by atoms with Crippen molar-refractivity contribution in [3.05, 3.63) is 41.5 Å². The van der Waals surface area contributed by atoms with E-state index in [2.05, 4.69) is 41.4 Å². The van der Waals surface area contributed by atoms with Gasteiger partial charge < -0.3 is 19.5 Å². The first-order chi connectivity index (χ1) is 10.8. The second-order valence-corrected chi connectivity index (χ2v) is 6.61. The van der Waals surface area contributed by atoms with Crippen molar-refractivity contribution in [2.45, 2.75) is 52.6 Å². The Labute approximate surface area is 160 Å². The molecule has 0 spiro atoms. The van der Waals surface area contributed by atoms with Gasteiger partial charge in [-0.25, -0.2) is 4.98 Å². The van der Waals surface area contributed by atoms with Crippen LogP contribution in [0.1, 0.15) is 56.9 Å². The summed E-state index contributed by atoms with van der Waals surface area (Å²) in [5.74, 6) is 3.95. The number of halogens is 1. The highest BCUT2D eigenvalue weighted by molar-refractivity contribution is 14.0. The monoisotopic (exact) mass is 446 g/mol. The van der Waals surface area contributed by atoms with E-state index in [0.717, 1.165) is 17.3 Å². The summed E-state index contributed by atoms with van der Waals surface area (Å²) in [7, 11) is 1.73. The Morgan fingerprint density at radius 3 is 2.50 bits per heavy atom. The average molecular weight is 446 g/mol.